The predicted molar refractivity (Wildman–Crippen MR) is 91.6 cm³/mol. The van der Waals surface area contributed by atoms with E-state index in [1.807, 2.05) is 42.6 Å². The molecule has 6 heteroatoms. The maximum atomic E-state index is 11.6. The van der Waals surface area contributed by atoms with E-state index in [1.54, 1.807) is 29.3 Å². The van der Waals surface area contributed by atoms with Crippen LogP contribution in [-0.2, 0) is 4.79 Å². The van der Waals surface area contributed by atoms with E-state index in [0.29, 0.717) is 12.2 Å². The second kappa shape index (κ2) is 8.22. The van der Waals surface area contributed by atoms with Crippen molar-refractivity contribution in [2.75, 3.05) is 5.75 Å². The molecule has 1 aromatic carbocycles. The highest BCUT2D eigenvalue weighted by Crippen LogP contribution is 2.20. The third kappa shape index (κ3) is 5.53. The summed E-state index contributed by atoms with van der Waals surface area (Å²) in [6.07, 6.45) is 2.11. The number of thioether (sulfide) groups is 1. The lowest BCUT2D eigenvalue weighted by atomic mass is 10.3. The van der Waals surface area contributed by atoms with Gasteiger partial charge in [0.05, 0.1) is 6.21 Å². The highest BCUT2D eigenvalue weighted by molar-refractivity contribution is 7.99. The summed E-state index contributed by atoms with van der Waals surface area (Å²) in [5, 5.41) is 6.69. The number of carbonyl (C=O) groups is 1. The summed E-state index contributed by atoms with van der Waals surface area (Å²) < 4.78 is 0. The van der Waals surface area contributed by atoms with Gasteiger partial charge in [-0.1, -0.05) is 11.6 Å². The number of benzene rings is 1. The van der Waals surface area contributed by atoms with Crippen LogP contribution in [0.25, 0.3) is 0 Å². The van der Waals surface area contributed by atoms with Gasteiger partial charge in [-0.05, 0) is 48.2 Å². The van der Waals surface area contributed by atoms with Gasteiger partial charge in [0.1, 0.15) is 0 Å². The van der Waals surface area contributed by atoms with E-state index in [2.05, 4.69) is 10.5 Å². The molecule has 3 nitrogen and oxygen atoms in total. The molecule has 21 heavy (non-hydrogen) atoms. The number of thiophene rings is 1. The van der Waals surface area contributed by atoms with E-state index in [9.17, 15) is 4.79 Å². The number of nitrogens with one attached hydrogen (secondary N) is 1. The van der Waals surface area contributed by atoms with Crippen LogP contribution in [0.2, 0.25) is 5.02 Å². The molecular formula is C15H15ClN2OS2. The van der Waals surface area contributed by atoms with Crippen LogP contribution in [0.1, 0.15) is 16.9 Å². The third-order valence-corrected chi connectivity index (χ3v) is 4.90. The predicted octanol–water partition coefficient (Wildman–Crippen LogP) is 4.34. The fraction of sp³-hybridized carbons (Fsp3) is 0.200. The molecule has 1 N–H and O–H groups in total. The van der Waals surface area contributed by atoms with Crippen LogP contribution >= 0.6 is 34.7 Å². The maximum Gasteiger partial charge on any atom is 0.240 e. The normalized spacial score (nSPS) is 11.0. The Morgan fingerprint density at radius 1 is 1.38 bits per heavy atom. The van der Waals surface area contributed by atoms with E-state index in [-0.39, 0.29) is 5.91 Å². The van der Waals surface area contributed by atoms with Crippen molar-refractivity contribution in [3.8, 4) is 0 Å². The van der Waals surface area contributed by atoms with E-state index in [1.165, 1.54) is 0 Å². The number of hydrazone groups is 1. The Morgan fingerprint density at radius 3 is 2.81 bits per heavy atom. The highest BCUT2D eigenvalue weighted by atomic mass is 35.5. The Balaban J connectivity index is 1.69. The molecule has 0 radical (unpaired) electrons. The first kappa shape index (κ1) is 16.1. The van der Waals surface area contributed by atoms with Crippen LogP contribution in [0.3, 0.4) is 0 Å². The van der Waals surface area contributed by atoms with Gasteiger partial charge in [-0.25, -0.2) is 5.43 Å². The van der Waals surface area contributed by atoms with Crippen molar-refractivity contribution in [3.63, 3.8) is 0 Å². The molecule has 0 fully saturated rings. The largest absolute Gasteiger partial charge is 0.273 e. The SMILES string of the molecule is Cc1ccsc1/C=N/NC(=O)CCSc1ccc(Cl)cc1. The first-order chi connectivity index (χ1) is 10.1. The van der Waals surface area contributed by atoms with Crippen molar-refractivity contribution >= 4 is 46.8 Å². The maximum absolute atomic E-state index is 11.6. The zero-order valence-electron chi connectivity index (χ0n) is 11.5. The Hall–Kier alpha value is -1.30. The summed E-state index contributed by atoms with van der Waals surface area (Å²) >= 11 is 9.04. The summed E-state index contributed by atoms with van der Waals surface area (Å²) in [6, 6.07) is 9.61. The number of hydrogen-bond acceptors (Lipinski definition) is 4. The standard InChI is InChI=1S/C15H15ClN2OS2/c1-11-6-8-21-14(11)10-17-18-15(19)7-9-20-13-4-2-12(16)3-5-13/h2-6,8,10H,7,9H2,1H3,(H,18,19)/b17-10+. The monoisotopic (exact) mass is 338 g/mol. The van der Waals surface area contributed by atoms with Crippen molar-refractivity contribution in [2.45, 2.75) is 18.2 Å². The van der Waals surface area contributed by atoms with Crippen LogP contribution in [0.5, 0.6) is 0 Å². The minimum Gasteiger partial charge on any atom is -0.273 e. The number of amides is 1. The average molecular weight is 339 g/mol. The van der Waals surface area contributed by atoms with Crippen molar-refractivity contribution in [3.05, 3.63) is 51.2 Å². The van der Waals surface area contributed by atoms with Gasteiger partial charge in [0, 0.05) is 27.0 Å². The van der Waals surface area contributed by atoms with Crippen molar-refractivity contribution in [1.82, 2.24) is 5.43 Å². The number of rotatable bonds is 6. The molecule has 1 heterocycles. The first-order valence-corrected chi connectivity index (χ1v) is 8.64. The third-order valence-electron chi connectivity index (χ3n) is 2.68. The summed E-state index contributed by atoms with van der Waals surface area (Å²) in [5.74, 6) is 0.628. The van der Waals surface area contributed by atoms with Crippen LogP contribution in [0.15, 0.2) is 45.7 Å². The highest BCUT2D eigenvalue weighted by Gasteiger charge is 2.01. The topological polar surface area (TPSA) is 41.5 Å². The lowest BCUT2D eigenvalue weighted by molar-refractivity contribution is -0.120. The molecule has 1 amide bonds. The summed E-state index contributed by atoms with van der Waals surface area (Å²) in [4.78, 5) is 13.8. The summed E-state index contributed by atoms with van der Waals surface area (Å²) in [6.45, 7) is 2.02. The van der Waals surface area contributed by atoms with Gasteiger partial charge < -0.3 is 0 Å². The van der Waals surface area contributed by atoms with E-state index >= 15 is 0 Å². The smallest absolute Gasteiger partial charge is 0.240 e. The number of nitrogens with zero attached hydrogens (tertiary/aromatic N) is 1. The average Bonchev–Trinajstić information content (AvgIpc) is 2.87. The molecule has 0 aliphatic heterocycles. The molecule has 0 atom stereocenters. The summed E-state index contributed by atoms with van der Waals surface area (Å²) in [7, 11) is 0. The van der Waals surface area contributed by atoms with Gasteiger partial charge in [-0.2, -0.15) is 5.10 Å². The molecule has 110 valence electrons. The van der Waals surface area contributed by atoms with Crippen molar-refractivity contribution in [1.29, 1.82) is 0 Å². The first-order valence-electron chi connectivity index (χ1n) is 6.39. The van der Waals surface area contributed by atoms with Gasteiger partial charge in [0.2, 0.25) is 5.91 Å². The molecule has 0 saturated heterocycles. The van der Waals surface area contributed by atoms with Gasteiger partial charge in [0.15, 0.2) is 0 Å². The molecule has 0 saturated carbocycles. The molecule has 0 spiro atoms. The van der Waals surface area contributed by atoms with Crippen LogP contribution in [0.4, 0.5) is 0 Å². The van der Waals surface area contributed by atoms with Crippen molar-refractivity contribution in [2.24, 2.45) is 5.10 Å². The Kier molecular flexibility index (Phi) is 6.29. The molecule has 2 aromatic rings. The Bertz CT molecular complexity index is 623. The molecular weight excluding hydrogens is 324 g/mol. The summed E-state index contributed by atoms with van der Waals surface area (Å²) in [5.41, 5.74) is 3.71. The number of halogens is 1. The number of aryl methyl sites for hydroxylation is 1. The second-order valence-electron chi connectivity index (χ2n) is 4.31. The molecule has 0 aliphatic carbocycles. The van der Waals surface area contributed by atoms with Crippen LogP contribution < -0.4 is 5.43 Å². The minimum atomic E-state index is -0.0816. The van der Waals surface area contributed by atoms with Gasteiger partial charge >= 0.3 is 0 Å². The second-order valence-corrected chi connectivity index (χ2v) is 6.87. The quantitative estimate of drug-likeness (QED) is 0.483. The molecule has 1 aromatic heterocycles. The van der Waals surface area contributed by atoms with Gasteiger partial charge in [-0.15, -0.1) is 23.1 Å². The van der Waals surface area contributed by atoms with Crippen LogP contribution in [-0.4, -0.2) is 17.9 Å². The number of carbonyl (C=O) groups excluding carboxylic acids is 1. The minimum absolute atomic E-state index is 0.0816. The molecule has 0 unspecified atom stereocenters. The lowest BCUT2D eigenvalue weighted by Crippen LogP contribution is -2.17. The van der Waals surface area contributed by atoms with E-state index < -0.39 is 0 Å². The van der Waals surface area contributed by atoms with E-state index in [0.717, 1.165) is 20.4 Å². The fourth-order valence-electron chi connectivity index (χ4n) is 1.53. The molecule has 2 rings (SSSR count). The lowest BCUT2D eigenvalue weighted by Gasteiger charge is -2.01. The zero-order chi connectivity index (χ0) is 15.1. The van der Waals surface area contributed by atoms with E-state index in [4.69, 9.17) is 11.6 Å². The zero-order valence-corrected chi connectivity index (χ0v) is 13.9. The van der Waals surface area contributed by atoms with Gasteiger partial charge in [-0.3, -0.25) is 4.79 Å². The molecule has 0 aliphatic rings. The Labute approximate surface area is 137 Å². The van der Waals surface area contributed by atoms with Crippen molar-refractivity contribution < 1.29 is 4.79 Å². The molecule has 0 bridgehead atoms. The number of hydrogen-bond donors (Lipinski definition) is 1. The van der Waals surface area contributed by atoms with Crippen LogP contribution in [0, 0.1) is 6.92 Å². The van der Waals surface area contributed by atoms with Gasteiger partial charge in [0.25, 0.3) is 0 Å². The fourth-order valence-corrected chi connectivity index (χ4v) is 3.29. The Morgan fingerprint density at radius 2 is 2.14 bits per heavy atom.